The van der Waals surface area contributed by atoms with Gasteiger partial charge in [-0.25, -0.2) is 9.59 Å². The third-order valence-corrected chi connectivity index (χ3v) is 4.36. The highest BCUT2D eigenvalue weighted by molar-refractivity contribution is 8.76. The quantitative estimate of drug-likeness (QED) is 0.142. The van der Waals surface area contributed by atoms with E-state index < -0.39 is 24.3 Å². The molecule has 0 aliphatic rings. The standard InChI is InChI=1S/C8H18N4O2S2.2C2HF3O2/c9-5-7(13)11-1-3-15-16-4-2-12-8(14)6-10;2*3-2(4,5)1(6)7/h1-6,9-10H2,(H,11,13)(H,12,14);2*(H,6,7). The van der Waals surface area contributed by atoms with E-state index in [0.29, 0.717) is 13.1 Å². The lowest BCUT2D eigenvalue weighted by Gasteiger charge is -2.04. The monoisotopic (exact) mass is 494 g/mol. The number of halogens is 6. The molecule has 0 aromatic carbocycles. The van der Waals surface area contributed by atoms with Gasteiger partial charge < -0.3 is 32.3 Å². The molecule has 0 fully saturated rings. The van der Waals surface area contributed by atoms with Crippen LogP contribution >= 0.6 is 21.6 Å². The van der Waals surface area contributed by atoms with E-state index in [9.17, 15) is 35.9 Å². The fourth-order valence-electron chi connectivity index (χ4n) is 0.726. The summed E-state index contributed by atoms with van der Waals surface area (Å²) >= 11 is 0. The number of hydrogen-bond donors (Lipinski definition) is 6. The highest BCUT2D eigenvalue weighted by Crippen LogP contribution is 2.19. The van der Waals surface area contributed by atoms with Crippen molar-refractivity contribution in [3.63, 3.8) is 0 Å². The molecule has 178 valence electrons. The van der Waals surface area contributed by atoms with E-state index in [0.717, 1.165) is 11.5 Å². The second-order valence-electron chi connectivity index (χ2n) is 4.36. The van der Waals surface area contributed by atoms with Crippen LogP contribution in [0.5, 0.6) is 0 Å². The van der Waals surface area contributed by atoms with Crippen LogP contribution in [0, 0.1) is 0 Å². The number of aliphatic carboxylic acids is 2. The van der Waals surface area contributed by atoms with Crippen molar-refractivity contribution in [3.05, 3.63) is 0 Å². The predicted octanol–water partition coefficient (Wildman–Crippen LogP) is -0.216. The molecule has 0 bridgehead atoms. The summed E-state index contributed by atoms with van der Waals surface area (Å²) in [4.78, 5) is 39.3. The fraction of sp³-hybridized carbons (Fsp3) is 0.667. The number of nitrogens with one attached hydrogen (secondary N) is 2. The van der Waals surface area contributed by atoms with Crippen LogP contribution in [0.2, 0.25) is 0 Å². The first-order valence-corrected chi connectivity index (χ1v) is 9.86. The molecule has 0 heterocycles. The Kier molecular flexibility index (Phi) is 19.5. The number of nitrogens with two attached hydrogens (primary N) is 2. The second-order valence-corrected chi connectivity index (χ2v) is 7.06. The summed E-state index contributed by atoms with van der Waals surface area (Å²) in [5, 5.41) is 19.6. The molecule has 0 radical (unpaired) electrons. The Morgan fingerprint density at radius 3 is 1.10 bits per heavy atom. The highest BCUT2D eigenvalue weighted by atomic mass is 33.1. The predicted molar refractivity (Wildman–Crippen MR) is 96.4 cm³/mol. The van der Waals surface area contributed by atoms with E-state index in [2.05, 4.69) is 10.6 Å². The maximum atomic E-state index is 10.7. The molecule has 0 aliphatic carbocycles. The summed E-state index contributed by atoms with van der Waals surface area (Å²) in [6, 6.07) is 0. The lowest BCUT2D eigenvalue weighted by molar-refractivity contribution is -0.193. The molecular formula is C12H20F6N4O6S2. The zero-order chi connectivity index (χ0) is 24.4. The summed E-state index contributed by atoms with van der Waals surface area (Å²) in [6.07, 6.45) is -10.2. The van der Waals surface area contributed by atoms with Crippen LogP contribution in [0.15, 0.2) is 0 Å². The Bertz CT molecular complexity index is 490. The first-order chi connectivity index (χ1) is 13.6. The lowest BCUT2D eigenvalue weighted by atomic mass is 10.6. The number of carboxylic acid groups (broad SMARTS) is 2. The summed E-state index contributed by atoms with van der Waals surface area (Å²) in [6.45, 7) is 1.29. The van der Waals surface area contributed by atoms with Crippen molar-refractivity contribution in [1.29, 1.82) is 0 Å². The third kappa shape index (κ3) is 26.1. The SMILES string of the molecule is NCC(=O)NCCSSCCNC(=O)CN.O=C(O)C(F)(F)F.O=C(O)C(F)(F)F. The van der Waals surface area contributed by atoms with Crippen molar-refractivity contribution in [2.45, 2.75) is 12.4 Å². The fourth-order valence-corrected chi connectivity index (χ4v) is 2.54. The molecule has 18 heteroatoms. The van der Waals surface area contributed by atoms with Gasteiger partial charge >= 0.3 is 24.3 Å². The average molecular weight is 494 g/mol. The van der Waals surface area contributed by atoms with Gasteiger partial charge in [0, 0.05) is 24.6 Å². The number of carboxylic acids is 2. The van der Waals surface area contributed by atoms with Crippen LogP contribution in [-0.2, 0) is 19.2 Å². The zero-order valence-corrected chi connectivity index (χ0v) is 16.6. The lowest BCUT2D eigenvalue weighted by Crippen LogP contribution is -2.32. The van der Waals surface area contributed by atoms with E-state index >= 15 is 0 Å². The summed E-state index contributed by atoms with van der Waals surface area (Å²) in [7, 11) is 3.29. The van der Waals surface area contributed by atoms with Gasteiger partial charge in [-0.05, 0) is 0 Å². The summed E-state index contributed by atoms with van der Waals surface area (Å²) < 4.78 is 63.5. The summed E-state index contributed by atoms with van der Waals surface area (Å²) in [5.41, 5.74) is 10.2. The van der Waals surface area contributed by atoms with Crippen LogP contribution in [0.3, 0.4) is 0 Å². The molecule has 0 saturated heterocycles. The summed E-state index contributed by atoms with van der Waals surface area (Å²) in [5.74, 6) is -4.15. The van der Waals surface area contributed by atoms with Crippen molar-refractivity contribution >= 4 is 45.3 Å². The maximum absolute atomic E-state index is 10.7. The van der Waals surface area contributed by atoms with Crippen molar-refractivity contribution < 1.29 is 55.7 Å². The van der Waals surface area contributed by atoms with E-state index in [4.69, 9.17) is 31.3 Å². The first-order valence-electron chi connectivity index (χ1n) is 7.37. The normalized spacial score (nSPS) is 10.5. The van der Waals surface area contributed by atoms with Gasteiger partial charge in [0.25, 0.3) is 0 Å². The molecule has 0 aromatic rings. The topological polar surface area (TPSA) is 185 Å². The van der Waals surface area contributed by atoms with Crippen LogP contribution in [0.4, 0.5) is 26.3 Å². The number of amides is 2. The van der Waals surface area contributed by atoms with Crippen LogP contribution in [0.1, 0.15) is 0 Å². The van der Waals surface area contributed by atoms with Crippen LogP contribution in [-0.4, -0.2) is 84.0 Å². The molecule has 0 spiro atoms. The minimum atomic E-state index is -5.08. The number of carbonyl (C=O) groups excluding carboxylic acids is 2. The maximum Gasteiger partial charge on any atom is 0.490 e. The smallest absolute Gasteiger partial charge is 0.475 e. The number of carbonyl (C=O) groups is 4. The molecule has 0 saturated carbocycles. The highest BCUT2D eigenvalue weighted by Gasteiger charge is 2.38. The van der Waals surface area contributed by atoms with Crippen molar-refractivity contribution in [2.75, 3.05) is 37.7 Å². The van der Waals surface area contributed by atoms with Gasteiger partial charge in [-0.15, -0.1) is 0 Å². The van der Waals surface area contributed by atoms with Gasteiger partial charge in [-0.2, -0.15) is 26.3 Å². The first kappa shape index (κ1) is 32.7. The number of rotatable bonds is 9. The molecule has 8 N–H and O–H groups in total. The van der Waals surface area contributed by atoms with Crippen molar-refractivity contribution in [1.82, 2.24) is 10.6 Å². The minimum Gasteiger partial charge on any atom is -0.475 e. The Balaban J connectivity index is -0.000000430. The Morgan fingerprint density at radius 2 is 0.933 bits per heavy atom. The van der Waals surface area contributed by atoms with Gasteiger partial charge in [-0.3, -0.25) is 9.59 Å². The molecule has 0 rings (SSSR count). The minimum absolute atomic E-state index is 0.0307. The average Bonchev–Trinajstić information content (AvgIpc) is 2.62. The molecule has 30 heavy (non-hydrogen) atoms. The molecule has 0 unspecified atom stereocenters. The third-order valence-electron chi connectivity index (χ3n) is 1.95. The Hall–Kier alpha value is -1.92. The van der Waals surface area contributed by atoms with E-state index in [-0.39, 0.29) is 24.9 Å². The Labute approximate surface area is 173 Å². The molecule has 0 atom stereocenters. The van der Waals surface area contributed by atoms with Crippen molar-refractivity contribution in [2.24, 2.45) is 11.5 Å². The van der Waals surface area contributed by atoms with Gasteiger partial charge in [0.15, 0.2) is 0 Å². The molecule has 10 nitrogen and oxygen atoms in total. The molecular weight excluding hydrogens is 474 g/mol. The van der Waals surface area contributed by atoms with Gasteiger partial charge in [-0.1, -0.05) is 21.6 Å². The van der Waals surface area contributed by atoms with E-state index in [1.54, 1.807) is 21.6 Å². The zero-order valence-electron chi connectivity index (χ0n) is 15.0. The number of alkyl halides is 6. The van der Waals surface area contributed by atoms with Gasteiger partial charge in [0.2, 0.25) is 11.8 Å². The van der Waals surface area contributed by atoms with E-state index in [1.807, 2.05) is 0 Å². The van der Waals surface area contributed by atoms with Crippen molar-refractivity contribution in [3.8, 4) is 0 Å². The second kappa shape index (κ2) is 17.9. The molecule has 0 aliphatic heterocycles. The largest absolute Gasteiger partial charge is 0.490 e. The molecule has 0 aromatic heterocycles. The van der Waals surface area contributed by atoms with Gasteiger partial charge in [0.1, 0.15) is 0 Å². The Morgan fingerprint density at radius 1 is 0.700 bits per heavy atom. The van der Waals surface area contributed by atoms with Crippen LogP contribution in [0.25, 0.3) is 0 Å². The van der Waals surface area contributed by atoms with Crippen LogP contribution < -0.4 is 22.1 Å². The van der Waals surface area contributed by atoms with E-state index in [1.165, 1.54) is 0 Å². The number of hydrogen-bond acceptors (Lipinski definition) is 8. The molecule has 2 amide bonds. The van der Waals surface area contributed by atoms with Gasteiger partial charge in [0.05, 0.1) is 13.1 Å².